The predicted molar refractivity (Wildman–Crippen MR) is 116 cm³/mol. The van der Waals surface area contributed by atoms with Gasteiger partial charge in [0, 0.05) is 11.8 Å². The van der Waals surface area contributed by atoms with Crippen LogP contribution in [0.5, 0.6) is 0 Å². The standard InChI is InChI=1S/C25H38O8/c1-24-9-7-13(32-23-20(29)18(27)19(28)21(33-23)22(30)31)11-12(24)3-4-14-15-5-6-17(26)25(15,2)10-8-16(14)24/h12-16,18-21,23,27-29H,3-11H2,1-2H3,(H,30,31). The molecule has 5 rings (SSSR count). The van der Waals surface area contributed by atoms with Crippen LogP contribution in [0, 0.1) is 34.5 Å². The Balaban J connectivity index is 1.26. The van der Waals surface area contributed by atoms with Crippen LogP contribution in [0.4, 0.5) is 0 Å². The highest BCUT2D eigenvalue weighted by molar-refractivity contribution is 5.87. The van der Waals surface area contributed by atoms with Crippen LogP contribution in [0.2, 0.25) is 0 Å². The lowest BCUT2D eigenvalue weighted by Gasteiger charge is -2.60. The van der Waals surface area contributed by atoms with Gasteiger partial charge in [-0.1, -0.05) is 13.8 Å². The molecule has 8 nitrogen and oxygen atoms in total. The number of carboxylic acid groups (broad SMARTS) is 1. The summed E-state index contributed by atoms with van der Waals surface area (Å²) in [4.78, 5) is 24.0. The van der Waals surface area contributed by atoms with Gasteiger partial charge in [0.1, 0.15) is 24.1 Å². The fraction of sp³-hybridized carbons (Fsp3) is 0.920. The highest BCUT2D eigenvalue weighted by Crippen LogP contribution is 2.65. The maximum atomic E-state index is 12.6. The van der Waals surface area contributed by atoms with Crippen molar-refractivity contribution in [1.29, 1.82) is 0 Å². The Labute approximate surface area is 194 Å². The number of aliphatic hydroxyl groups is 3. The fourth-order valence-electron chi connectivity index (χ4n) is 8.47. The first-order valence-corrected chi connectivity index (χ1v) is 12.7. The van der Waals surface area contributed by atoms with Crippen LogP contribution < -0.4 is 0 Å². The van der Waals surface area contributed by atoms with Gasteiger partial charge in [0.25, 0.3) is 0 Å². The summed E-state index contributed by atoms with van der Waals surface area (Å²) in [7, 11) is 0. The lowest BCUT2D eigenvalue weighted by molar-refractivity contribution is -0.309. The van der Waals surface area contributed by atoms with Gasteiger partial charge in [-0.05, 0) is 80.5 Å². The molecule has 0 radical (unpaired) electrons. The molecule has 33 heavy (non-hydrogen) atoms. The van der Waals surface area contributed by atoms with Crippen molar-refractivity contribution in [3.63, 3.8) is 0 Å². The Hall–Kier alpha value is -1.06. The number of hydrogen-bond acceptors (Lipinski definition) is 7. The third kappa shape index (κ3) is 3.59. The number of aliphatic hydroxyl groups excluding tert-OH is 3. The van der Waals surface area contributed by atoms with Gasteiger partial charge in [-0.3, -0.25) is 4.79 Å². The minimum Gasteiger partial charge on any atom is -0.479 e. The van der Waals surface area contributed by atoms with Gasteiger partial charge in [-0.15, -0.1) is 0 Å². The van der Waals surface area contributed by atoms with Crippen molar-refractivity contribution in [2.45, 2.75) is 108 Å². The number of ketones is 1. The summed E-state index contributed by atoms with van der Waals surface area (Å²) >= 11 is 0. The van der Waals surface area contributed by atoms with Gasteiger partial charge in [-0.2, -0.15) is 0 Å². The number of fused-ring (bicyclic) bond motifs is 5. The Morgan fingerprint density at radius 2 is 1.73 bits per heavy atom. The summed E-state index contributed by atoms with van der Waals surface area (Å²) in [6.07, 6.45) is 0.719. The summed E-state index contributed by atoms with van der Waals surface area (Å²) in [6.45, 7) is 4.62. The SMILES string of the molecule is CC12CCC3C(CCC4CC(OC5OC(C(=O)O)C(O)C(O)C5O)CCC43C)C1CCC2=O. The van der Waals surface area contributed by atoms with E-state index < -0.39 is 36.7 Å². The van der Waals surface area contributed by atoms with E-state index in [1.54, 1.807) is 0 Å². The Bertz CT molecular complexity index is 801. The summed E-state index contributed by atoms with van der Waals surface area (Å²) in [5.74, 6) is 1.28. The van der Waals surface area contributed by atoms with Crippen LogP contribution in [-0.4, -0.2) is 69.0 Å². The number of ether oxygens (including phenoxy) is 2. The van der Waals surface area contributed by atoms with Crippen LogP contribution in [0.3, 0.4) is 0 Å². The molecule has 8 heteroatoms. The molecule has 12 atom stereocenters. The number of aliphatic carboxylic acids is 1. The van der Waals surface area contributed by atoms with E-state index in [1.165, 1.54) is 0 Å². The Kier molecular flexibility index (Phi) is 5.93. The number of rotatable bonds is 3. The normalized spacial score (nSPS) is 54.3. The van der Waals surface area contributed by atoms with E-state index in [9.17, 15) is 30.0 Å². The summed E-state index contributed by atoms with van der Waals surface area (Å²) in [5, 5.41) is 39.6. The van der Waals surface area contributed by atoms with E-state index in [2.05, 4.69) is 13.8 Å². The monoisotopic (exact) mass is 466 g/mol. The lowest BCUT2D eigenvalue weighted by Crippen LogP contribution is -2.61. The molecule has 0 amide bonds. The van der Waals surface area contributed by atoms with E-state index in [4.69, 9.17) is 9.47 Å². The van der Waals surface area contributed by atoms with Gasteiger partial charge >= 0.3 is 5.97 Å². The van der Waals surface area contributed by atoms with Crippen molar-refractivity contribution in [1.82, 2.24) is 0 Å². The topological polar surface area (TPSA) is 134 Å². The fourth-order valence-corrected chi connectivity index (χ4v) is 8.47. The number of hydrogen-bond donors (Lipinski definition) is 4. The maximum absolute atomic E-state index is 12.6. The average Bonchev–Trinajstić information content (AvgIpc) is 3.08. The Morgan fingerprint density at radius 3 is 2.45 bits per heavy atom. The van der Waals surface area contributed by atoms with E-state index in [0.29, 0.717) is 29.5 Å². The zero-order valence-electron chi connectivity index (χ0n) is 19.6. The number of Topliss-reactive ketones (excluding diaryl/α,β-unsaturated/α-hetero) is 1. The molecule has 1 aliphatic heterocycles. The average molecular weight is 467 g/mol. The predicted octanol–water partition coefficient (Wildman–Crippen LogP) is 1.88. The zero-order chi connectivity index (χ0) is 23.7. The minimum atomic E-state index is -1.71. The molecular formula is C25H38O8. The minimum absolute atomic E-state index is 0.120. The van der Waals surface area contributed by atoms with Gasteiger partial charge in [0.15, 0.2) is 12.4 Å². The van der Waals surface area contributed by atoms with Crippen molar-refractivity contribution < 1.29 is 39.5 Å². The van der Waals surface area contributed by atoms with E-state index in [-0.39, 0.29) is 16.9 Å². The molecule has 0 bridgehead atoms. The van der Waals surface area contributed by atoms with E-state index in [0.717, 1.165) is 57.8 Å². The van der Waals surface area contributed by atoms with Crippen molar-refractivity contribution in [2.24, 2.45) is 34.5 Å². The van der Waals surface area contributed by atoms with Crippen LogP contribution in [0.1, 0.15) is 71.6 Å². The number of carbonyl (C=O) groups excluding carboxylic acids is 1. The first-order valence-electron chi connectivity index (χ1n) is 12.7. The highest BCUT2D eigenvalue weighted by Gasteiger charge is 2.60. The maximum Gasteiger partial charge on any atom is 0.335 e. The summed E-state index contributed by atoms with van der Waals surface area (Å²) < 4.78 is 11.4. The second-order valence-corrected chi connectivity index (χ2v) is 11.8. The molecule has 4 saturated carbocycles. The van der Waals surface area contributed by atoms with Crippen LogP contribution in [0.25, 0.3) is 0 Å². The summed E-state index contributed by atoms with van der Waals surface area (Å²) in [6, 6.07) is 0. The third-order valence-corrected chi connectivity index (χ3v) is 10.5. The molecule has 0 aromatic heterocycles. The number of carboxylic acids is 1. The molecule has 4 N–H and O–H groups in total. The molecule has 186 valence electrons. The molecule has 1 saturated heterocycles. The molecule has 0 aromatic rings. The van der Waals surface area contributed by atoms with Crippen molar-refractivity contribution in [3.05, 3.63) is 0 Å². The largest absolute Gasteiger partial charge is 0.479 e. The van der Waals surface area contributed by atoms with Crippen LogP contribution in [-0.2, 0) is 19.1 Å². The first kappa shape index (κ1) is 23.7. The molecule has 1 heterocycles. The second kappa shape index (κ2) is 8.26. The van der Waals surface area contributed by atoms with Crippen molar-refractivity contribution >= 4 is 11.8 Å². The molecular weight excluding hydrogens is 428 g/mol. The second-order valence-electron chi connectivity index (χ2n) is 11.8. The Morgan fingerprint density at radius 1 is 0.970 bits per heavy atom. The highest BCUT2D eigenvalue weighted by atomic mass is 16.7. The molecule has 0 spiro atoms. The smallest absolute Gasteiger partial charge is 0.335 e. The van der Waals surface area contributed by atoms with Gasteiger partial charge < -0.3 is 29.9 Å². The molecule has 4 aliphatic carbocycles. The first-order chi connectivity index (χ1) is 15.6. The number of carbonyl (C=O) groups is 2. The molecule has 5 aliphatic rings. The van der Waals surface area contributed by atoms with Gasteiger partial charge in [0.2, 0.25) is 0 Å². The van der Waals surface area contributed by atoms with Crippen LogP contribution >= 0.6 is 0 Å². The molecule has 5 fully saturated rings. The van der Waals surface area contributed by atoms with Crippen LogP contribution in [0.15, 0.2) is 0 Å². The zero-order valence-corrected chi connectivity index (χ0v) is 19.6. The van der Waals surface area contributed by atoms with Crippen molar-refractivity contribution in [2.75, 3.05) is 0 Å². The van der Waals surface area contributed by atoms with E-state index in [1.807, 2.05) is 0 Å². The lowest BCUT2D eigenvalue weighted by atomic mass is 9.45. The van der Waals surface area contributed by atoms with Gasteiger partial charge in [0.05, 0.1) is 6.10 Å². The molecule has 0 aromatic carbocycles. The van der Waals surface area contributed by atoms with E-state index >= 15 is 0 Å². The quantitative estimate of drug-likeness (QED) is 0.463. The van der Waals surface area contributed by atoms with Crippen molar-refractivity contribution in [3.8, 4) is 0 Å². The summed E-state index contributed by atoms with van der Waals surface area (Å²) in [5.41, 5.74) is 0.0757. The molecule has 12 unspecified atom stereocenters. The third-order valence-electron chi connectivity index (χ3n) is 10.5. The van der Waals surface area contributed by atoms with Gasteiger partial charge in [-0.25, -0.2) is 4.79 Å².